The Hall–Kier alpha value is -2.88. The van der Waals surface area contributed by atoms with Gasteiger partial charge in [-0.05, 0) is 45.4 Å². The third-order valence-electron chi connectivity index (χ3n) is 4.65. The van der Waals surface area contributed by atoms with Gasteiger partial charge < -0.3 is 4.90 Å². The molecule has 1 amide bonds. The van der Waals surface area contributed by atoms with Gasteiger partial charge in [0.15, 0.2) is 0 Å². The van der Waals surface area contributed by atoms with Gasteiger partial charge in [-0.2, -0.15) is 5.10 Å². The van der Waals surface area contributed by atoms with Crippen molar-refractivity contribution in [2.75, 3.05) is 13.1 Å². The maximum absolute atomic E-state index is 13.1. The first kappa shape index (κ1) is 17.9. The van der Waals surface area contributed by atoms with Gasteiger partial charge in [0.2, 0.25) is 0 Å². The number of benzene rings is 2. The number of para-hydroxylation sites is 1. The van der Waals surface area contributed by atoms with Gasteiger partial charge in [0.25, 0.3) is 5.91 Å². The number of carbonyl (C=O) groups is 1. The molecule has 0 aliphatic carbocycles. The van der Waals surface area contributed by atoms with Crippen molar-refractivity contribution in [1.29, 1.82) is 0 Å². The second kappa shape index (κ2) is 7.56. The summed E-state index contributed by atoms with van der Waals surface area (Å²) in [5.41, 5.74) is 5.65. The van der Waals surface area contributed by atoms with E-state index in [1.807, 2.05) is 55.3 Å². The Morgan fingerprint density at radius 2 is 1.73 bits per heavy atom. The molecule has 4 heteroatoms. The van der Waals surface area contributed by atoms with Gasteiger partial charge in [0, 0.05) is 24.8 Å². The fourth-order valence-corrected chi connectivity index (χ4v) is 3.20. The number of hydrogen-bond acceptors (Lipinski definition) is 2. The first-order valence-corrected chi connectivity index (χ1v) is 9.07. The van der Waals surface area contributed by atoms with Crippen molar-refractivity contribution < 1.29 is 4.79 Å². The topological polar surface area (TPSA) is 38.1 Å². The van der Waals surface area contributed by atoms with Crippen molar-refractivity contribution in [3.63, 3.8) is 0 Å². The average Bonchev–Trinajstić information content (AvgIpc) is 3.08. The first-order valence-electron chi connectivity index (χ1n) is 9.07. The Morgan fingerprint density at radius 1 is 1.04 bits per heavy atom. The average molecular weight is 347 g/mol. The number of amides is 1. The van der Waals surface area contributed by atoms with Crippen LogP contribution in [0.2, 0.25) is 0 Å². The molecule has 0 saturated heterocycles. The maximum Gasteiger partial charge on any atom is 0.257 e. The van der Waals surface area contributed by atoms with Crippen LogP contribution in [0.5, 0.6) is 0 Å². The highest BCUT2D eigenvalue weighted by Crippen LogP contribution is 2.28. The summed E-state index contributed by atoms with van der Waals surface area (Å²) in [5.74, 6) is 0.0205. The van der Waals surface area contributed by atoms with Gasteiger partial charge in [-0.25, -0.2) is 4.68 Å². The Bertz CT molecular complexity index is 908. The van der Waals surface area contributed by atoms with Crippen LogP contribution in [-0.2, 0) is 0 Å². The number of rotatable bonds is 5. The molecule has 0 saturated carbocycles. The van der Waals surface area contributed by atoms with E-state index in [4.69, 9.17) is 5.10 Å². The molecule has 1 aromatic heterocycles. The van der Waals surface area contributed by atoms with Gasteiger partial charge >= 0.3 is 0 Å². The van der Waals surface area contributed by atoms with Crippen molar-refractivity contribution in [3.05, 3.63) is 71.4 Å². The number of aryl methyl sites for hydroxylation is 2. The predicted octanol–water partition coefficient (Wildman–Crippen LogP) is 4.64. The molecule has 3 rings (SSSR count). The smallest absolute Gasteiger partial charge is 0.257 e. The number of nitrogens with zero attached hydrogens (tertiary/aromatic N) is 3. The van der Waals surface area contributed by atoms with Crippen molar-refractivity contribution >= 4 is 5.91 Å². The summed E-state index contributed by atoms with van der Waals surface area (Å²) in [6.45, 7) is 9.49. The molecular weight excluding hydrogens is 322 g/mol. The zero-order valence-electron chi connectivity index (χ0n) is 15.9. The van der Waals surface area contributed by atoms with E-state index in [0.717, 1.165) is 22.5 Å². The molecule has 4 nitrogen and oxygen atoms in total. The Kier molecular flexibility index (Phi) is 5.21. The molecule has 0 unspecified atom stereocenters. The third-order valence-corrected chi connectivity index (χ3v) is 4.65. The molecule has 134 valence electrons. The normalized spacial score (nSPS) is 10.8. The van der Waals surface area contributed by atoms with Gasteiger partial charge in [-0.1, -0.05) is 42.0 Å². The van der Waals surface area contributed by atoms with Gasteiger partial charge in [-0.3, -0.25) is 4.79 Å². The minimum absolute atomic E-state index is 0.0205. The van der Waals surface area contributed by atoms with Crippen LogP contribution in [0.25, 0.3) is 16.9 Å². The summed E-state index contributed by atoms with van der Waals surface area (Å²) >= 11 is 0. The molecule has 0 radical (unpaired) electrons. The van der Waals surface area contributed by atoms with Gasteiger partial charge in [0.1, 0.15) is 5.69 Å². The lowest BCUT2D eigenvalue weighted by molar-refractivity contribution is 0.0773. The molecule has 0 atom stereocenters. The number of aromatic nitrogens is 2. The summed E-state index contributed by atoms with van der Waals surface area (Å²) in [6.07, 6.45) is 1.85. The van der Waals surface area contributed by atoms with E-state index >= 15 is 0 Å². The quantitative estimate of drug-likeness (QED) is 0.674. The molecule has 0 aliphatic rings. The summed E-state index contributed by atoms with van der Waals surface area (Å²) in [6, 6.07) is 16.1. The molecule has 1 heterocycles. The maximum atomic E-state index is 13.1. The minimum Gasteiger partial charge on any atom is -0.339 e. The molecule has 0 N–H and O–H groups in total. The first-order chi connectivity index (χ1) is 12.5. The van der Waals surface area contributed by atoms with E-state index in [2.05, 4.69) is 32.0 Å². The highest BCUT2D eigenvalue weighted by molar-refractivity contribution is 6.00. The number of hydrogen-bond donors (Lipinski definition) is 0. The highest BCUT2D eigenvalue weighted by atomic mass is 16.2. The van der Waals surface area contributed by atoms with Crippen LogP contribution in [0.4, 0.5) is 0 Å². The van der Waals surface area contributed by atoms with E-state index in [-0.39, 0.29) is 5.91 Å². The molecule has 26 heavy (non-hydrogen) atoms. The zero-order chi connectivity index (χ0) is 18.7. The lowest BCUT2D eigenvalue weighted by Crippen LogP contribution is -2.30. The molecular formula is C22H25N3O. The molecule has 0 fully saturated rings. The zero-order valence-corrected chi connectivity index (χ0v) is 15.9. The highest BCUT2D eigenvalue weighted by Gasteiger charge is 2.22. The second-order valence-electron chi connectivity index (χ2n) is 6.47. The van der Waals surface area contributed by atoms with Crippen LogP contribution in [0.3, 0.4) is 0 Å². The Balaban J connectivity index is 2.17. The van der Waals surface area contributed by atoms with Crippen LogP contribution in [-0.4, -0.2) is 33.7 Å². The van der Waals surface area contributed by atoms with E-state index < -0.39 is 0 Å². The van der Waals surface area contributed by atoms with Crippen molar-refractivity contribution in [2.24, 2.45) is 0 Å². The van der Waals surface area contributed by atoms with Crippen LogP contribution >= 0.6 is 0 Å². The molecule has 2 aromatic carbocycles. The summed E-state index contributed by atoms with van der Waals surface area (Å²) in [7, 11) is 0. The SMILES string of the molecule is CCN(CC)C(=O)c1cn(-c2ccccc2)nc1-c1ccc(C)cc1C. The van der Waals surface area contributed by atoms with Gasteiger partial charge in [-0.15, -0.1) is 0 Å². The molecule has 0 bridgehead atoms. The molecule has 3 aromatic rings. The lowest BCUT2D eigenvalue weighted by Gasteiger charge is -2.18. The monoisotopic (exact) mass is 347 g/mol. The second-order valence-corrected chi connectivity index (χ2v) is 6.47. The fraction of sp³-hybridized carbons (Fsp3) is 0.273. The van der Waals surface area contributed by atoms with Crippen LogP contribution in [0, 0.1) is 13.8 Å². The third kappa shape index (κ3) is 3.40. The molecule has 0 aliphatic heterocycles. The van der Waals surface area contributed by atoms with E-state index in [1.165, 1.54) is 5.56 Å². The van der Waals surface area contributed by atoms with Crippen LogP contribution < -0.4 is 0 Å². The van der Waals surface area contributed by atoms with E-state index in [1.54, 1.807) is 4.68 Å². The van der Waals surface area contributed by atoms with Crippen molar-refractivity contribution in [1.82, 2.24) is 14.7 Å². The van der Waals surface area contributed by atoms with E-state index in [9.17, 15) is 4.79 Å². The Labute approximate surface area is 155 Å². The standard InChI is InChI=1S/C22H25N3O/c1-5-24(6-2)22(26)20-15-25(18-10-8-7-9-11-18)23-21(20)19-13-12-16(3)14-17(19)4/h7-15H,5-6H2,1-4H3. The van der Waals surface area contributed by atoms with Crippen LogP contribution in [0.1, 0.15) is 35.3 Å². The van der Waals surface area contributed by atoms with Crippen LogP contribution in [0.15, 0.2) is 54.7 Å². The Morgan fingerprint density at radius 3 is 2.35 bits per heavy atom. The fourth-order valence-electron chi connectivity index (χ4n) is 3.20. The van der Waals surface area contributed by atoms with Crippen molar-refractivity contribution in [2.45, 2.75) is 27.7 Å². The summed E-state index contributed by atoms with van der Waals surface area (Å²) in [5, 5.41) is 4.78. The summed E-state index contributed by atoms with van der Waals surface area (Å²) < 4.78 is 1.80. The minimum atomic E-state index is 0.0205. The van der Waals surface area contributed by atoms with E-state index in [0.29, 0.717) is 18.7 Å². The number of carbonyl (C=O) groups excluding carboxylic acids is 1. The van der Waals surface area contributed by atoms with Crippen molar-refractivity contribution in [3.8, 4) is 16.9 Å². The summed E-state index contributed by atoms with van der Waals surface area (Å²) in [4.78, 5) is 14.9. The predicted molar refractivity (Wildman–Crippen MR) is 106 cm³/mol. The largest absolute Gasteiger partial charge is 0.339 e. The molecule has 0 spiro atoms. The lowest BCUT2D eigenvalue weighted by atomic mass is 10.0. The van der Waals surface area contributed by atoms with Gasteiger partial charge in [0.05, 0.1) is 11.3 Å².